The fourth-order valence-electron chi connectivity index (χ4n) is 1.43. The molecule has 0 aromatic heterocycles. The van der Waals surface area contributed by atoms with Gasteiger partial charge in [-0.3, -0.25) is 9.63 Å². The first kappa shape index (κ1) is 11.4. The molecule has 0 bridgehead atoms. The maximum Gasteiger partial charge on any atom is 0.334 e. The van der Waals surface area contributed by atoms with E-state index in [9.17, 15) is 9.59 Å². The molecule has 0 aromatic carbocycles. The second kappa shape index (κ2) is 3.84. The van der Waals surface area contributed by atoms with Gasteiger partial charge >= 0.3 is 11.9 Å². The molecule has 2 unspecified atom stereocenters. The summed E-state index contributed by atoms with van der Waals surface area (Å²) in [5.41, 5.74) is -1.64. The van der Waals surface area contributed by atoms with Gasteiger partial charge in [-0.15, -0.1) is 0 Å². The highest BCUT2D eigenvalue weighted by Crippen LogP contribution is 2.33. The molecule has 0 amide bonds. The molecule has 1 aliphatic carbocycles. The summed E-state index contributed by atoms with van der Waals surface area (Å²) in [5.74, 6) is 2.50. The first-order valence-electron chi connectivity index (χ1n) is 4.15. The molecule has 1 aliphatic rings. The maximum atomic E-state index is 11.0. The van der Waals surface area contributed by atoms with E-state index in [1.54, 1.807) is 0 Å². The molecule has 0 fully saturated rings. The van der Waals surface area contributed by atoms with Gasteiger partial charge in [0.25, 0.3) is 0 Å². The van der Waals surface area contributed by atoms with Crippen molar-refractivity contribution in [2.45, 2.75) is 13.0 Å². The zero-order chi connectivity index (χ0) is 11.6. The molecule has 0 aliphatic heterocycles. The summed E-state index contributed by atoms with van der Waals surface area (Å²) in [7, 11) is 0. The molecule has 0 spiro atoms. The molecule has 0 heterocycles. The van der Waals surface area contributed by atoms with Crippen molar-refractivity contribution in [3.63, 3.8) is 0 Å². The molecule has 0 radical (unpaired) electrons. The lowest BCUT2D eigenvalue weighted by Gasteiger charge is -2.31. The predicted molar refractivity (Wildman–Crippen MR) is 49.7 cm³/mol. The minimum absolute atomic E-state index is 0.176. The first-order valence-corrected chi connectivity index (χ1v) is 4.15. The number of hydrogen-bond acceptors (Lipinski definition) is 4. The van der Waals surface area contributed by atoms with Crippen LogP contribution in [0.1, 0.15) is 6.92 Å². The smallest absolute Gasteiger partial charge is 0.334 e. The van der Waals surface area contributed by atoms with Crippen molar-refractivity contribution in [3.05, 3.63) is 23.8 Å². The van der Waals surface area contributed by atoms with Crippen LogP contribution in [-0.2, 0) is 14.4 Å². The van der Waals surface area contributed by atoms with E-state index in [0.29, 0.717) is 0 Å². The van der Waals surface area contributed by atoms with E-state index in [2.05, 4.69) is 4.84 Å². The Bertz CT molecular complexity index is 360. The lowest BCUT2D eigenvalue weighted by molar-refractivity contribution is -0.153. The topological polar surface area (TPSA) is 110 Å². The highest BCUT2D eigenvalue weighted by molar-refractivity contribution is 5.92. The average Bonchev–Trinajstić information content (AvgIpc) is 2.16. The van der Waals surface area contributed by atoms with Crippen molar-refractivity contribution in [2.75, 3.05) is 0 Å². The van der Waals surface area contributed by atoms with Gasteiger partial charge in [-0.05, 0) is 13.0 Å². The Labute approximate surface area is 85.6 Å². The van der Waals surface area contributed by atoms with Crippen LogP contribution < -0.4 is 5.90 Å². The number of carbonyl (C=O) groups is 2. The van der Waals surface area contributed by atoms with Crippen molar-refractivity contribution in [2.24, 2.45) is 11.3 Å². The van der Waals surface area contributed by atoms with Gasteiger partial charge in [0.05, 0.1) is 5.57 Å². The van der Waals surface area contributed by atoms with E-state index in [-0.39, 0.29) is 5.57 Å². The predicted octanol–water partition coefficient (Wildman–Crippen LogP) is -0.0830. The Morgan fingerprint density at radius 2 is 2.13 bits per heavy atom. The van der Waals surface area contributed by atoms with E-state index < -0.39 is 23.5 Å². The quantitative estimate of drug-likeness (QED) is 0.565. The first-order chi connectivity index (χ1) is 6.93. The van der Waals surface area contributed by atoms with Gasteiger partial charge in [-0.1, -0.05) is 12.2 Å². The molecule has 6 nitrogen and oxygen atoms in total. The number of allylic oxidation sites excluding steroid dienone is 2. The number of carboxylic acid groups (broad SMARTS) is 2. The standard InChI is InChI=1S/C9H11NO5/c1-9(8(13)14)4-2-3-5(7(11)12)6(9)15-10/h2-4,6H,10H2,1H3,(H,11,12)(H,13,14). The van der Waals surface area contributed by atoms with Crippen LogP contribution in [0, 0.1) is 5.41 Å². The van der Waals surface area contributed by atoms with Gasteiger partial charge in [0.2, 0.25) is 0 Å². The summed E-state index contributed by atoms with van der Waals surface area (Å²) in [6.45, 7) is 1.35. The number of hydrogen-bond donors (Lipinski definition) is 3. The molecule has 0 saturated heterocycles. The van der Waals surface area contributed by atoms with Gasteiger partial charge in [0, 0.05) is 0 Å². The fraction of sp³-hybridized carbons (Fsp3) is 0.333. The molecule has 82 valence electrons. The highest BCUT2D eigenvalue weighted by Gasteiger charge is 2.45. The van der Waals surface area contributed by atoms with Crippen molar-refractivity contribution < 1.29 is 24.6 Å². The van der Waals surface area contributed by atoms with Crippen LogP contribution in [0.15, 0.2) is 23.8 Å². The number of nitrogens with two attached hydrogens (primary N) is 1. The average molecular weight is 213 g/mol. The third-order valence-electron chi connectivity index (χ3n) is 2.39. The Balaban J connectivity index is 3.18. The van der Waals surface area contributed by atoms with Crippen LogP contribution in [0.25, 0.3) is 0 Å². The summed E-state index contributed by atoms with van der Waals surface area (Å²) in [5, 5.41) is 17.8. The van der Waals surface area contributed by atoms with E-state index in [1.165, 1.54) is 25.2 Å². The molecular weight excluding hydrogens is 202 g/mol. The Morgan fingerprint density at radius 1 is 1.53 bits per heavy atom. The van der Waals surface area contributed by atoms with Crippen molar-refractivity contribution in [1.82, 2.24) is 0 Å². The minimum Gasteiger partial charge on any atom is -0.481 e. The van der Waals surface area contributed by atoms with Crippen LogP contribution in [0.4, 0.5) is 0 Å². The Morgan fingerprint density at radius 3 is 2.53 bits per heavy atom. The molecular formula is C9H11NO5. The number of rotatable bonds is 3. The fourth-order valence-corrected chi connectivity index (χ4v) is 1.43. The largest absolute Gasteiger partial charge is 0.481 e. The second-order valence-corrected chi connectivity index (χ2v) is 3.39. The van der Waals surface area contributed by atoms with Gasteiger partial charge < -0.3 is 10.2 Å². The molecule has 6 heteroatoms. The summed E-state index contributed by atoms with van der Waals surface area (Å²) in [6, 6.07) is 0. The SMILES string of the molecule is CC1(C(=O)O)C=CC=C(C(=O)O)C1ON. The van der Waals surface area contributed by atoms with Crippen molar-refractivity contribution in [1.29, 1.82) is 0 Å². The van der Waals surface area contributed by atoms with Gasteiger partial charge in [-0.2, -0.15) is 0 Å². The minimum atomic E-state index is -1.46. The Hall–Kier alpha value is -1.66. The third-order valence-corrected chi connectivity index (χ3v) is 2.39. The van der Waals surface area contributed by atoms with Crippen LogP contribution in [0.3, 0.4) is 0 Å². The van der Waals surface area contributed by atoms with E-state index in [4.69, 9.17) is 16.1 Å². The lowest BCUT2D eigenvalue weighted by Crippen LogP contribution is -2.45. The van der Waals surface area contributed by atoms with Crippen LogP contribution in [-0.4, -0.2) is 28.3 Å². The van der Waals surface area contributed by atoms with E-state index in [0.717, 1.165) is 0 Å². The van der Waals surface area contributed by atoms with Crippen LogP contribution in [0.2, 0.25) is 0 Å². The van der Waals surface area contributed by atoms with Crippen molar-refractivity contribution in [3.8, 4) is 0 Å². The van der Waals surface area contributed by atoms with E-state index >= 15 is 0 Å². The molecule has 0 saturated carbocycles. The zero-order valence-corrected chi connectivity index (χ0v) is 8.01. The van der Waals surface area contributed by atoms with Crippen LogP contribution >= 0.6 is 0 Å². The van der Waals surface area contributed by atoms with Gasteiger partial charge in [-0.25, -0.2) is 10.7 Å². The summed E-state index contributed by atoms with van der Waals surface area (Å²) < 4.78 is 0. The molecule has 4 N–H and O–H groups in total. The summed E-state index contributed by atoms with van der Waals surface area (Å²) >= 11 is 0. The third kappa shape index (κ3) is 1.77. The zero-order valence-electron chi connectivity index (χ0n) is 8.01. The van der Waals surface area contributed by atoms with E-state index in [1.807, 2.05) is 0 Å². The van der Waals surface area contributed by atoms with Crippen molar-refractivity contribution >= 4 is 11.9 Å². The van der Waals surface area contributed by atoms with Crippen LogP contribution in [0.5, 0.6) is 0 Å². The number of aliphatic carboxylic acids is 2. The Kier molecular flexibility index (Phi) is 2.92. The molecule has 1 rings (SSSR count). The monoisotopic (exact) mass is 213 g/mol. The normalized spacial score (nSPS) is 29.7. The summed E-state index contributed by atoms with van der Waals surface area (Å²) in [4.78, 5) is 26.3. The summed E-state index contributed by atoms with van der Waals surface area (Å²) in [6.07, 6.45) is 2.79. The molecule has 2 atom stereocenters. The second-order valence-electron chi connectivity index (χ2n) is 3.39. The maximum absolute atomic E-state index is 11.0. The molecule has 15 heavy (non-hydrogen) atoms. The lowest BCUT2D eigenvalue weighted by atomic mass is 9.77. The van der Waals surface area contributed by atoms with Gasteiger partial charge in [0.15, 0.2) is 0 Å². The number of carboxylic acids is 2. The molecule has 0 aromatic rings. The van der Waals surface area contributed by atoms with Gasteiger partial charge in [0.1, 0.15) is 11.5 Å². The highest BCUT2D eigenvalue weighted by atomic mass is 16.6.